The summed E-state index contributed by atoms with van der Waals surface area (Å²) < 4.78 is 8.94. The molecule has 0 atom stereocenters. The average molecular weight is 576 g/mol. The minimum atomic E-state index is -0.0587. The van der Waals surface area contributed by atoms with Gasteiger partial charge in [-0.05, 0) is 86.6 Å². The van der Waals surface area contributed by atoms with Gasteiger partial charge in [-0.15, -0.1) is 0 Å². The van der Waals surface area contributed by atoms with Crippen molar-refractivity contribution < 1.29 is 4.42 Å². The third kappa shape index (κ3) is 3.29. The van der Waals surface area contributed by atoms with Gasteiger partial charge >= 0.3 is 0 Å². The van der Waals surface area contributed by atoms with E-state index in [0.29, 0.717) is 0 Å². The lowest BCUT2D eigenvalue weighted by Gasteiger charge is -2.21. The predicted molar refractivity (Wildman–Crippen MR) is 189 cm³/mol. The number of fused-ring (bicyclic) bond motifs is 11. The Morgan fingerprint density at radius 1 is 0.489 bits per heavy atom. The Bertz CT molecular complexity index is 2670. The SMILES string of the molecule is CC1(C)c2ccccc2-c2cc3c(cc21)oc1cccc(-c2ccc(-n4c5ccccc5c5c6ccccc6ccc54)cc2)c13. The van der Waals surface area contributed by atoms with Crippen molar-refractivity contribution in [2.24, 2.45) is 0 Å². The van der Waals surface area contributed by atoms with Crippen molar-refractivity contribution in [3.05, 3.63) is 151 Å². The van der Waals surface area contributed by atoms with Gasteiger partial charge in [0.2, 0.25) is 0 Å². The van der Waals surface area contributed by atoms with Gasteiger partial charge in [-0.25, -0.2) is 0 Å². The highest BCUT2D eigenvalue weighted by Crippen LogP contribution is 2.51. The smallest absolute Gasteiger partial charge is 0.136 e. The molecule has 0 amide bonds. The molecule has 1 aliphatic rings. The fraction of sp³-hybridized carbons (Fsp3) is 0.0698. The highest BCUT2D eigenvalue weighted by Gasteiger charge is 2.36. The summed E-state index contributed by atoms with van der Waals surface area (Å²) in [6.45, 7) is 4.64. The second kappa shape index (κ2) is 8.74. The Kier molecular flexibility index (Phi) is 4.82. The summed E-state index contributed by atoms with van der Waals surface area (Å²) in [4.78, 5) is 0. The van der Waals surface area contributed by atoms with Crippen LogP contribution < -0.4 is 0 Å². The van der Waals surface area contributed by atoms with Crippen molar-refractivity contribution >= 4 is 54.5 Å². The van der Waals surface area contributed by atoms with E-state index in [4.69, 9.17) is 4.42 Å². The Morgan fingerprint density at radius 2 is 1.24 bits per heavy atom. The summed E-state index contributed by atoms with van der Waals surface area (Å²) in [5, 5.41) is 7.48. The number of benzene rings is 7. The maximum Gasteiger partial charge on any atom is 0.136 e. The first-order valence-electron chi connectivity index (χ1n) is 15.7. The first kappa shape index (κ1) is 24.8. The van der Waals surface area contributed by atoms with Gasteiger partial charge in [-0.2, -0.15) is 0 Å². The topological polar surface area (TPSA) is 18.1 Å². The highest BCUT2D eigenvalue weighted by molar-refractivity contribution is 6.21. The molecule has 0 saturated heterocycles. The van der Waals surface area contributed by atoms with E-state index in [2.05, 4.69) is 158 Å². The Labute approximate surface area is 260 Å². The van der Waals surface area contributed by atoms with E-state index in [9.17, 15) is 0 Å². The number of nitrogens with zero attached hydrogens (tertiary/aromatic N) is 1. The van der Waals surface area contributed by atoms with Crippen molar-refractivity contribution in [1.29, 1.82) is 0 Å². The third-order valence-electron chi connectivity index (χ3n) is 10.2. The maximum absolute atomic E-state index is 6.54. The average Bonchev–Trinajstić information content (AvgIpc) is 3.70. The second-order valence-electron chi connectivity index (χ2n) is 12.9. The number of aromatic nitrogens is 1. The van der Waals surface area contributed by atoms with Crippen LogP contribution in [0.25, 0.3) is 82.5 Å². The molecule has 2 aromatic heterocycles. The minimum absolute atomic E-state index is 0.0587. The maximum atomic E-state index is 6.54. The van der Waals surface area contributed by atoms with Crippen LogP contribution in [-0.2, 0) is 5.41 Å². The van der Waals surface area contributed by atoms with Gasteiger partial charge in [0.1, 0.15) is 11.2 Å². The molecule has 0 radical (unpaired) electrons. The molecule has 0 N–H and O–H groups in total. The van der Waals surface area contributed by atoms with Gasteiger partial charge in [0, 0.05) is 32.6 Å². The number of furan rings is 1. The lowest BCUT2D eigenvalue weighted by Crippen LogP contribution is -2.14. The number of hydrogen-bond acceptors (Lipinski definition) is 1. The molecule has 2 heteroatoms. The van der Waals surface area contributed by atoms with Crippen LogP contribution >= 0.6 is 0 Å². The van der Waals surface area contributed by atoms with E-state index in [1.165, 1.54) is 76.7 Å². The zero-order valence-electron chi connectivity index (χ0n) is 25.1. The molecule has 212 valence electrons. The Balaban J connectivity index is 1.16. The molecule has 0 saturated carbocycles. The molecule has 0 spiro atoms. The molecule has 10 rings (SSSR count). The first-order chi connectivity index (χ1) is 22.1. The van der Waals surface area contributed by atoms with Crippen LogP contribution in [0.1, 0.15) is 25.0 Å². The van der Waals surface area contributed by atoms with Crippen molar-refractivity contribution in [1.82, 2.24) is 4.57 Å². The molecule has 1 aliphatic carbocycles. The summed E-state index contributed by atoms with van der Waals surface area (Å²) in [5.41, 5.74) is 13.1. The van der Waals surface area contributed by atoms with Crippen LogP contribution in [0.3, 0.4) is 0 Å². The van der Waals surface area contributed by atoms with Crippen molar-refractivity contribution in [2.45, 2.75) is 19.3 Å². The molecule has 2 nitrogen and oxygen atoms in total. The van der Waals surface area contributed by atoms with E-state index in [0.717, 1.165) is 16.9 Å². The molecule has 0 aliphatic heterocycles. The molecule has 0 unspecified atom stereocenters. The molecule has 45 heavy (non-hydrogen) atoms. The van der Waals surface area contributed by atoms with Crippen LogP contribution in [0, 0.1) is 0 Å². The zero-order chi connectivity index (χ0) is 29.9. The van der Waals surface area contributed by atoms with E-state index < -0.39 is 0 Å². The summed E-state index contributed by atoms with van der Waals surface area (Å²) in [6.07, 6.45) is 0. The van der Waals surface area contributed by atoms with E-state index in [-0.39, 0.29) is 5.41 Å². The number of rotatable bonds is 2. The fourth-order valence-electron chi connectivity index (χ4n) is 8.07. The summed E-state index contributed by atoms with van der Waals surface area (Å²) in [7, 11) is 0. The van der Waals surface area contributed by atoms with Crippen LogP contribution in [0.2, 0.25) is 0 Å². The first-order valence-corrected chi connectivity index (χ1v) is 15.7. The van der Waals surface area contributed by atoms with Gasteiger partial charge in [0.05, 0.1) is 11.0 Å². The normalized spacial score (nSPS) is 13.7. The molecule has 9 aromatic rings. The third-order valence-corrected chi connectivity index (χ3v) is 10.2. The summed E-state index contributed by atoms with van der Waals surface area (Å²) in [5.74, 6) is 0. The number of hydrogen-bond donors (Lipinski definition) is 0. The molecule has 7 aromatic carbocycles. The van der Waals surface area contributed by atoms with E-state index >= 15 is 0 Å². The van der Waals surface area contributed by atoms with E-state index in [1.807, 2.05) is 0 Å². The lowest BCUT2D eigenvalue weighted by molar-refractivity contribution is 0.647. The predicted octanol–water partition coefficient (Wildman–Crippen LogP) is 11.8. The quantitative estimate of drug-likeness (QED) is 0.200. The molecular formula is C43H29NO. The molecule has 0 bridgehead atoms. The Morgan fingerprint density at radius 3 is 2.13 bits per heavy atom. The number of para-hydroxylation sites is 1. The molecular weight excluding hydrogens is 546 g/mol. The van der Waals surface area contributed by atoms with Gasteiger partial charge in [-0.3, -0.25) is 0 Å². The summed E-state index contributed by atoms with van der Waals surface area (Å²) >= 11 is 0. The van der Waals surface area contributed by atoms with Crippen LogP contribution in [0.5, 0.6) is 0 Å². The molecule has 2 heterocycles. The molecule has 0 fully saturated rings. The van der Waals surface area contributed by atoms with Crippen molar-refractivity contribution in [3.8, 4) is 27.9 Å². The standard InChI is InChI=1S/C43H29NO/c1-43(2)35-15-7-5-12-31(35)33-24-34-40(25-36(33)43)45-39-17-9-14-30(42(34)39)27-18-21-28(22-19-27)44-37-16-8-6-13-32(37)41-29-11-4-3-10-26(29)20-23-38(41)44/h3-25H,1-2H3. The highest BCUT2D eigenvalue weighted by atomic mass is 16.3. The van der Waals surface area contributed by atoms with Crippen LogP contribution in [-0.4, -0.2) is 4.57 Å². The van der Waals surface area contributed by atoms with Crippen LogP contribution in [0.15, 0.2) is 144 Å². The fourth-order valence-corrected chi connectivity index (χ4v) is 8.07. The van der Waals surface area contributed by atoms with Gasteiger partial charge in [0.25, 0.3) is 0 Å². The van der Waals surface area contributed by atoms with Crippen molar-refractivity contribution in [2.75, 3.05) is 0 Å². The minimum Gasteiger partial charge on any atom is -0.456 e. The monoisotopic (exact) mass is 575 g/mol. The summed E-state index contributed by atoms with van der Waals surface area (Å²) in [6, 6.07) is 50.9. The second-order valence-corrected chi connectivity index (χ2v) is 12.9. The van der Waals surface area contributed by atoms with Crippen LogP contribution in [0.4, 0.5) is 0 Å². The van der Waals surface area contributed by atoms with E-state index in [1.54, 1.807) is 0 Å². The Hall–Kier alpha value is -5.60. The van der Waals surface area contributed by atoms with Gasteiger partial charge in [-0.1, -0.05) is 111 Å². The largest absolute Gasteiger partial charge is 0.456 e. The van der Waals surface area contributed by atoms with Crippen molar-refractivity contribution in [3.63, 3.8) is 0 Å². The van der Waals surface area contributed by atoms with Gasteiger partial charge in [0.15, 0.2) is 0 Å². The lowest BCUT2D eigenvalue weighted by atomic mass is 9.82. The zero-order valence-corrected chi connectivity index (χ0v) is 25.1. The van der Waals surface area contributed by atoms with Gasteiger partial charge < -0.3 is 8.98 Å².